The van der Waals surface area contributed by atoms with E-state index < -0.39 is 26.6 Å². The monoisotopic (exact) mass is 1000 g/mol. The number of carbonyl (C=O) groups is 1. The molecule has 0 aromatic rings. The van der Waals surface area contributed by atoms with Gasteiger partial charge in [-0.15, -0.1) is 0 Å². The molecule has 0 aromatic heterocycles. The van der Waals surface area contributed by atoms with Gasteiger partial charge in [0.1, 0.15) is 13.2 Å². The fraction of sp³-hybridized carbons (Fsp3) is 0.597. The summed E-state index contributed by atoms with van der Waals surface area (Å²) >= 11 is 0. The van der Waals surface area contributed by atoms with Crippen molar-refractivity contribution in [3.8, 4) is 0 Å². The van der Waals surface area contributed by atoms with Crippen molar-refractivity contribution in [2.24, 2.45) is 0 Å². The third kappa shape index (κ3) is 54.0. The molecule has 3 atom stereocenters. The number of nitrogens with one attached hydrogen (secondary N) is 1. The van der Waals surface area contributed by atoms with Gasteiger partial charge in [-0.2, -0.15) is 0 Å². The number of phosphoric acid groups is 1. The van der Waals surface area contributed by atoms with Gasteiger partial charge in [0.15, 0.2) is 0 Å². The van der Waals surface area contributed by atoms with Crippen LogP contribution in [0.1, 0.15) is 187 Å². The van der Waals surface area contributed by atoms with Crippen LogP contribution in [0, 0.1) is 0 Å². The molecule has 3 unspecified atom stereocenters. The molecule has 0 fully saturated rings. The van der Waals surface area contributed by atoms with Crippen LogP contribution >= 0.6 is 7.82 Å². The zero-order chi connectivity index (χ0) is 52.0. The van der Waals surface area contributed by atoms with Gasteiger partial charge in [0.2, 0.25) is 5.91 Å². The molecule has 0 rings (SSSR count). The first-order chi connectivity index (χ1) is 34.5. The van der Waals surface area contributed by atoms with Crippen molar-refractivity contribution in [1.82, 2.24) is 5.32 Å². The number of quaternary nitrogens is 1. The Labute approximate surface area is 436 Å². The highest BCUT2D eigenvalue weighted by atomic mass is 31.2. The highest BCUT2D eigenvalue weighted by molar-refractivity contribution is 7.45. The molecule has 0 aliphatic carbocycles. The number of phosphoric ester groups is 1. The number of hydrogen-bond acceptors (Lipinski definition) is 6. The third-order valence-electron chi connectivity index (χ3n) is 11.3. The molecule has 0 aliphatic heterocycles. The van der Waals surface area contributed by atoms with Gasteiger partial charge < -0.3 is 28.8 Å². The standard InChI is InChI=1S/C62H103N2O6P/c1-6-8-10-12-14-16-18-20-22-23-24-25-26-27-28-29-30-31-32-33-34-35-36-37-38-39-40-41-42-44-46-48-50-52-54-56-62(66)63-60(59-70-71(67,68)69-58-57-64(3,4)5)61(65)55-53-51-49-47-45-43-21-19-17-15-13-11-9-7-2/h8,10,14,16,20,22,24-25,27-28,30-31,33-34,36-37,39-40,42,44-45,47,53,55,60-61,65H,6-7,9,11-13,15,17-19,21,23,26,29,32,35,38,41,43,46,48-52,54,56-59H2,1-5H3,(H-,63,66,67,68)/b10-8-,16-14-,22-20-,25-24-,28-27-,31-30-,34-33-,37-36-,40-39-,44-42-,47-45+,55-53+. The van der Waals surface area contributed by atoms with Crippen molar-refractivity contribution >= 4 is 13.7 Å². The fourth-order valence-electron chi connectivity index (χ4n) is 6.96. The van der Waals surface area contributed by atoms with Crippen molar-refractivity contribution < 1.29 is 32.9 Å². The second-order valence-electron chi connectivity index (χ2n) is 19.2. The van der Waals surface area contributed by atoms with Gasteiger partial charge in [0, 0.05) is 6.42 Å². The minimum Gasteiger partial charge on any atom is -0.756 e. The minimum absolute atomic E-state index is 0.0201. The van der Waals surface area contributed by atoms with E-state index in [2.05, 4.69) is 153 Å². The van der Waals surface area contributed by atoms with Crippen molar-refractivity contribution in [2.45, 2.75) is 199 Å². The molecule has 8 nitrogen and oxygen atoms in total. The van der Waals surface area contributed by atoms with E-state index in [1.165, 1.54) is 51.4 Å². The average molecular weight is 1000 g/mol. The van der Waals surface area contributed by atoms with Gasteiger partial charge >= 0.3 is 0 Å². The molecule has 1 amide bonds. The predicted molar refractivity (Wildman–Crippen MR) is 306 cm³/mol. The number of rotatable bonds is 48. The van der Waals surface area contributed by atoms with Gasteiger partial charge in [-0.1, -0.05) is 217 Å². The zero-order valence-corrected chi connectivity index (χ0v) is 46.5. The van der Waals surface area contributed by atoms with Crippen molar-refractivity contribution in [1.29, 1.82) is 0 Å². The largest absolute Gasteiger partial charge is 0.756 e. The number of unbranched alkanes of at least 4 members (excludes halogenated alkanes) is 13. The normalized spacial score (nSPS) is 15.1. The van der Waals surface area contributed by atoms with E-state index in [0.29, 0.717) is 23.9 Å². The van der Waals surface area contributed by atoms with Crippen LogP contribution in [0.2, 0.25) is 0 Å². The average Bonchev–Trinajstić information content (AvgIpc) is 3.33. The number of amides is 1. The topological polar surface area (TPSA) is 108 Å². The lowest BCUT2D eigenvalue weighted by atomic mass is 10.1. The molecule has 0 bridgehead atoms. The Morgan fingerprint density at radius 3 is 1.31 bits per heavy atom. The van der Waals surface area contributed by atoms with E-state index in [0.717, 1.165) is 109 Å². The molecule has 0 saturated carbocycles. The molecular weight excluding hydrogens is 900 g/mol. The number of allylic oxidation sites excluding steroid dienone is 23. The second kappa shape index (κ2) is 51.3. The number of likely N-dealkylation sites (N-methyl/N-ethyl adjacent to an activating group) is 1. The second-order valence-corrected chi connectivity index (χ2v) is 20.6. The summed E-state index contributed by atoms with van der Waals surface area (Å²) in [4.78, 5) is 25.4. The number of nitrogens with zero attached hydrogens (tertiary/aromatic N) is 1. The van der Waals surface area contributed by atoms with Crippen LogP contribution in [0.3, 0.4) is 0 Å². The fourth-order valence-corrected chi connectivity index (χ4v) is 7.68. The summed E-state index contributed by atoms with van der Waals surface area (Å²) in [5, 5.41) is 13.8. The molecule has 0 spiro atoms. The van der Waals surface area contributed by atoms with Crippen LogP contribution in [-0.2, 0) is 18.4 Å². The van der Waals surface area contributed by atoms with Crippen molar-refractivity contribution in [3.63, 3.8) is 0 Å². The number of hydrogen-bond donors (Lipinski definition) is 2. The van der Waals surface area contributed by atoms with Gasteiger partial charge in [-0.3, -0.25) is 9.36 Å². The van der Waals surface area contributed by atoms with E-state index in [1.807, 2.05) is 27.2 Å². The first kappa shape index (κ1) is 67.4. The number of aliphatic hydroxyl groups is 1. The smallest absolute Gasteiger partial charge is 0.268 e. The van der Waals surface area contributed by atoms with E-state index in [9.17, 15) is 19.4 Å². The summed E-state index contributed by atoms with van der Waals surface area (Å²) in [5.74, 6) is -0.239. The quantitative estimate of drug-likeness (QED) is 0.0272. The highest BCUT2D eigenvalue weighted by Crippen LogP contribution is 2.38. The molecule has 402 valence electrons. The Morgan fingerprint density at radius 2 is 0.873 bits per heavy atom. The van der Waals surface area contributed by atoms with Gasteiger partial charge in [0.25, 0.3) is 7.82 Å². The lowest BCUT2D eigenvalue weighted by molar-refractivity contribution is -0.870. The molecule has 2 N–H and O–H groups in total. The van der Waals surface area contributed by atoms with Gasteiger partial charge in [0.05, 0.1) is 39.9 Å². The number of carbonyl (C=O) groups excluding carboxylic acids is 1. The summed E-state index contributed by atoms with van der Waals surface area (Å²) in [7, 11) is 1.20. The molecule has 0 saturated heterocycles. The Kier molecular flexibility index (Phi) is 48.7. The number of aliphatic hydroxyl groups excluding tert-OH is 1. The predicted octanol–water partition coefficient (Wildman–Crippen LogP) is 16.3. The van der Waals surface area contributed by atoms with Crippen LogP contribution in [0.15, 0.2) is 146 Å². The SMILES string of the molecule is CC/C=C\C/C=C\C/C=C\C/C=C\C/C=C\C/C=C\C/C=C\C/C=C\C/C=C\C/C=C\CCCCCCC(=O)NC(COP(=O)([O-])OCC[N+](C)(C)C)C(O)/C=C/CC/C=C/CCCCCCCCCC. The molecule has 0 aliphatic rings. The maximum atomic E-state index is 12.9. The Hall–Kier alpha value is -3.62. The summed E-state index contributed by atoms with van der Waals surface area (Å²) < 4.78 is 23.2. The Morgan fingerprint density at radius 1 is 0.507 bits per heavy atom. The van der Waals surface area contributed by atoms with Gasteiger partial charge in [-0.05, 0) is 109 Å². The van der Waals surface area contributed by atoms with Gasteiger partial charge in [-0.25, -0.2) is 0 Å². The maximum Gasteiger partial charge on any atom is 0.268 e. The summed E-state index contributed by atoms with van der Waals surface area (Å²) in [5.41, 5.74) is 0. The Balaban J connectivity index is 4.30. The summed E-state index contributed by atoms with van der Waals surface area (Å²) in [6, 6.07) is -0.928. The Bertz CT molecular complexity index is 1660. The van der Waals surface area contributed by atoms with Crippen LogP contribution in [0.25, 0.3) is 0 Å². The molecule has 9 heteroatoms. The van der Waals surface area contributed by atoms with Crippen LogP contribution < -0.4 is 10.2 Å². The summed E-state index contributed by atoms with van der Waals surface area (Å²) in [6.07, 6.45) is 79.2. The lowest BCUT2D eigenvalue weighted by Crippen LogP contribution is -2.45. The van der Waals surface area contributed by atoms with E-state index in [1.54, 1.807) is 6.08 Å². The lowest BCUT2D eigenvalue weighted by Gasteiger charge is -2.29. The highest BCUT2D eigenvalue weighted by Gasteiger charge is 2.23. The molecule has 0 aromatic carbocycles. The van der Waals surface area contributed by atoms with Crippen LogP contribution in [-0.4, -0.2) is 68.5 Å². The van der Waals surface area contributed by atoms with E-state index in [4.69, 9.17) is 9.05 Å². The first-order valence-corrected chi connectivity index (χ1v) is 29.2. The molecule has 71 heavy (non-hydrogen) atoms. The maximum absolute atomic E-state index is 12.9. The van der Waals surface area contributed by atoms with Crippen LogP contribution in [0.5, 0.6) is 0 Å². The minimum atomic E-state index is -4.62. The third-order valence-corrected chi connectivity index (χ3v) is 12.2. The van der Waals surface area contributed by atoms with E-state index in [-0.39, 0.29) is 12.5 Å². The molecule has 0 heterocycles. The summed E-state index contributed by atoms with van der Waals surface area (Å²) in [6.45, 7) is 4.45. The molecule has 0 radical (unpaired) electrons. The first-order valence-electron chi connectivity index (χ1n) is 27.7. The zero-order valence-electron chi connectivity index (χ0n) is 45.6. The van der Waals surface area contributed by atoms with E-state index >= 15 is 0 Å². The van der Waals surface area contributed by atoms with Crippen molar-refractivity contribution in [2.75, 3.05) is 40.9 Å². The molecular formula is C62H103N2O6P. The van der Waals surface area contributed by atoms with Crippen LogP contribution in [0.4, 0.5) is 0 Å². The van der Waals surface area contributed by atoms with Crippen molar-refractivity contribution in [3.05, 3.63) is 146 Å².